The fourth-order valence-electron chi connectivity index (χ4n) is 4.85. The lowest BCUT2D eigenvalue weighted by Gasteiger charge is -2.37. The van der Waals surface area contributed by atoms with Gasteiger partial charge in [-0.3, -0.25) is 9.59 Å². The normalized spacial score (nSPS) is 16.3. The van der Waals surface area contributed by atoms with Crippen LogP contribution in [0.2, 0.25) is 10.0 Å². The van der Waals surface area contributed by atoms with Crippen molar-refractivity contribution in [2.75, 3.05) is 62.2 Å². The quantitative estimate of drug-likeness (QED) is 0.487. The van der Waals surface area contributed by atoms with Crippen LogP contribution in [-0.4, -0.2) is 74.0 Å². The number of nitrogens with zero attached hydrogens (tertiary/aromatic N) is 4. The van der Waals surface area contributed by atoms with Gasteiger partial charge in [0.2, 0.25) is 0 Å². The number of carbonyl (C=O) groups is 2. The van der Waals surface area contributed by atoms with Crippen molar-refractivity contribution in [2.24, 2.45) is 0 Å². The van der Waals surface area contributed by atoms with Crippen LogP contribution < -0.4 is 9.80 Å². The molecule has 6 nitrogen and oxygen atoms in total. The van der Waals surface area contributed by atoms with Gasteiger partial charge in [0.25, 0.3) is 11.8 Å². The predicted octanol–water partition coefficient (Wildman–Crippen LogP) is 4.92. The fraction of sp³-hybridized carbons (Fsp3) is 0.286. The summed E-state index contributed by atoms with van der Waals surface area (Å²) in [5, 5.41) is 0.543. The molecule has 0 saturated carbocycles. The monoisotopic (exact) mass is 522 g/mol. The van der Waals surface area contributed by atoms with Gasteiger partial charge in [0.1, 0.15) is 0 Å². The van der Waals surface area contributed by atoms with Gasteiger partial charge in [-0.2, -0.15) is 0 Å². The van der Waals surface area contributed by atoms with Gasteiger partial charge >= 0.3 is 0 Å². The molecular weight excluding hydrogens is 495 g/mol. The van der Waals surface area contributed by atoms with Crippen LogP contribution in [0.15, 0.2) is 72.8 Å². The van der Waals surface area contributed by atoms with Gasteiger partial charge in [-0.15, -0.1) is 0 Å². The van der Waals surface area contributed by atoms with Crippen molar-refractivity contribution >= 4 is 46.4 Å². The largest absolute Gasteiger partial charge is 0.368 e. The molecule has 0 aliphatic carbocycles. The summed E-state index contributed by atoms with van der Waals surface area (Å²) in [6.07, 6.45) is 0. The number of benzene rings is 3. The van der Waals surface area contributed by atoms with E-state index in [0.717, 1.165) is 37.6 Å². The Labute approximate surface area is 221 Å². The van der Waals surface area contributed by atoms with Gasteiger partial charge in [-0.25, -0.2) is 0 Å². The highest BCUT2D eigenvalue weighted by Crippen LogP contribution is 2.29. The molecular formula is C28H28Cl2N4O2. The van der Waals surface area contributed by atoms with E-state index >= 15 is 0 Å². The Hall–Kier alpha value is -3.22. The van der Waals surface area contributed by atoms with E-state index in [9.17, 15) is 9.59 Å². The molecule has 186 valence electrons. The maximum Gasteiger partial charge on any atom is 0.254 e. The van der Waals surface area contributed by atoms with Crippen LogP contribution in [0.4, 0.5) is 11.4 Å². The molecule has 2 aliphatic rings. The average molecular weight is 523 g/mol. The van der Waals surface area contributed by atoms with Crippen molar-refractivity contribution in [3.05, 3.63) is 94.0 Å². The van der Waals surface area contributed by atoms with Crippen LogP contribution in [0.25, 0.3) is 0 Å². The van der Waals surface area contributed by atoms with E-state index in [2.05, 4.69) is 34.1 Å². The van der Waals surface area contributed by atoms with Crippen LogP contribution in [0.1, 0.15) is 20.7 Å². The van der Waals surface area contributed by atoms with Gasteiger partial charge in [-0.1, -0.05) is 59.6 Å². The van der Waals surface area contributed by atoms with E-state index in [1.54, 1.807) is 21.9 Å². The number of hydrogen-bond donors (Lipinski definition) is 0. The van der Waals surface area contributed by atoms with Gasteiger partial charge < -0.3 is 19.6 Å². The number of carbonyl (C=O) groups excluding carboxylic acids is 2. The molecule has 2 aliphatic heterocycles. The minimum absolute atomic E-state index is 0.187. The Morgan fingerprint density at radius 3 is 1.19 bits per heavy atom. The van der Waals surface area contributed by atoms with E-state index in [0.29, 0.717) is 37.3 Å². The summed E-state index contributed by atoms with van der Waals surface area (Å²) in [4.78, 5) is 35.3. The first-order valence-electron chi connectivity index (χ1n) is 12.2. The number of hydrogen-bond acceptors (Lipinski definition) is 4. The third kappa shape index (κ3) is 5.15. The standard InChI is InChI=1S/C28H28Cl2N4O2/c29-25-19-23(27(35)33-15-11-31(12-16-33)21-7-3-1-4-8-21)24(20-26(25)30)28(36)34-17-13-32(14-18-34)22-9-5-2-6-10-22/h1-10,19-20H,11-18H2. The lowest BCUT2D eigenvalue weighted by molar-refractivity contribution is 0.0707. The summed E-state index contributed by atoms with van der Waals surface area (Å²) in [5.41, 5.74) is 2.91. The van der Waals surface area contributed by atoms with Crippen LogP contribution in [-0.2, 0) is 0 Å². The lowest BCUT2D eigenvalue weighted by atomic mass is 10.0. The zero-order valence-corrected chi connectivity index (χ0v) is 21.5. The molecule has 0 unspecified atom stereocenters. The molecule has 2 heterocycles. The fourth-order valence-corrected chi connectivity index (χ4v) is 5.18. The predicted molar refractivity (Wildman–Crippen MR) is 146 cm³/mol. The van der Waals surface area contributed by atoms with Gasteiger partial charge in [0.15, 0.2) is 0 Å². The highest BCUT2D eigenvalue weighted by atomic mass is 35.5. The first-order valence-corrected chi connectivity index (χ1v) is 12.9. The molecule has 3 aromatic carbocycles. The third-order valence-corrected chi connectivity index (χ3v) is 7.62. The number of amides is 2. The second kappa shape index (κ2) is 10.8. The van der Waals surface area contributed by atoms with E-state index in [-0.39, 0.29) is 21.9 Å². The topological polar surface area (TPSA) is 47.1 Å². The van der Waals surface area contributed by atoms with Crippen LogP contribution in [0.3, 0.4) is 0 Å². The maximum atomic E-state index is 13.6. The second-order valence-corrected chi connectivity index (χ2v) is 9.86. The number of rotatable bonds is 4. The highest BCUT2D eigenvalue weighted by molar-refractivity contribution is 6.42. The molecule has 0 radical (unpaired) electrons. The zero-order valence-electron chi connectivity index (χ0n) is 19.9. The molecule has 2 fully saturated rings. The van der Waals surface area contributed by atoms with Crippen molar-refractivity contribution in [1.82, 2.24) is 9.80 Å². The summed E-state index contributed by atoms with van der Waals surface area (Å²) < 4.78 is 0. The van der Waals surface area contributed by atoms with Crippen molar-refractivity contribution < 1.29 is 9.59 Å². The van der Waals surface area contributed by atoms with Gasteiger partial charge in [0, 0.05) is 63.7 Å². The van der Waals surface area contributed by atoms with Crippen molar-refractivity contribution in [3.8, 4) is 0 Å². The summed E-state index contributed by atoms with van der Waals surface area (Å²) in [7, 11) is 0. The number of para-hydroxylation sites is 2. The summed E-state index contributed by atoms with van der Waals surface area (Å²) in [6, 6.07) is 23.4. The maximum absolute atomic E-state index is 13.6. The Balaban J connectivity index is 1.30. The SMILES string of the molecule is O=C(c1cc(Cl)c(Cl)cc1C(=O)N1CCN(c2ccccc2)CC1)N1CCN(c2ccccc2)CC1. The molecule has 3 aromatic rings. The average Bonchev–Trinajstić information content (AvgIpc) is 2.94. The van der Waals surface area contributed by atoms with Crippen LogP contribution >= 0.6 is 23.2 Å². The summed E-state index contributed by atoms with van der Waals surface area (Å²) in [5.74, 6) is -0.375. The Bertz CT molecular complexity index is 1130. The lowest BCUT2D eigenvalue weighted by Crippen LogP contribution is -2.50. The van der Waals surface area contributed by atoms with Crippen molar-refractivity contribution in [3.63, 3.8) is 0 Å². The van der Waals surface area contributed by atoms with Crippen LogP contribution in [0, 0.1) is 0 Å². The third-order valence-electron chi connectivity index (χ3n) is 6.90. The van der Waals surface area contributed by atoms with E-state index < -0.39 is 0 Å². The molecule has 2 amide bonds. The van der Waals surface area contributed by atoms with E-state index in [1.165, 1.54) is 0 Å². The smallest absolute Gasteiger partial charge is 0.254 e. The molecule has 0 spiro atoms. The minimum Gasteiger partial charge on any atom is -0.368 e. The molecule has 0 bridgehead atoms. The Kier molecular flexibility index (Phi) is 7.35. The van der Waals surface area contributed by atoms with Crippen molar-refractivity contribution in [2.45, 2.75) is 0 Å². The Morgan fingerprint density at radius 1 is 0.528 bits per heavy atom. The zero-order chi connectivity index (χ0) is 25.1. The first-order chi connectivity index (χ1) is 17.5. The van der Waals surface area contributed by atoms with Crippen LogP contribution in [0.5, 0.6) is 0 Å². The molecule has 0 N–H and O–H groups in total. The molecule has 2 saturated heterocycles. The number of anilines is 2. The van der Waals surface area contributed by atoms with E-state index in [4.69, 9.17) is 23.2 Å². The Morgan fingerprint density at radius 2 is 0.861 bits per heavy atom. The van der Waals surface area contributed by atoms with Crippen molar-refractivity contribution in [1.29, 1.82) is 0 Å². The molecule has 0 aromatic heterocycles. The minimum atomic E-state index is -0.187. The number of piperazine rings is 2. The second-order valence-electron chi connectivity index (χ2n) is 9.04. The highest BCUT2D eigenvalue weighted by Gasteiger charge is 2.30. The van der Waals surface area contributed by atoms with Gasteiger partial charge in [0.05, 0.1) is 21.2 Å². The number of halogens is 2. The van der Waals surface area contributed by atoms with Gasteiger partial charge in [-0.05, 0) is 36.4 Å². The molecule has 36 heavy (non-hydrogen) atoms. The molecule has 8 heteroatoms. The molecule has 5 rings (SSSR count). The van der Waals surface area contributed by atoms with E-state index in [1.807, 2.05) is 36.4 Å². The molecule has 0 atom stereocenters. The summed E-state index contributed by atoms with van der Waals surface area (Å²) in [6.45, 7) is 5.16. The first kappa shape index (κ1) is 24.5. The summed E-state index contributed by atoms with van der Waals surface area (Å²) >= 11 is 12.6.